The van der Waals surface area contributed by atoms with E-state index in [2.05, 4.69) is 4.85 Å². The molecule has 0 fully saturated rings. The molecule has 0 saturated carbocycles. The van der Waals surface area contributed by atoms with E-state index in [9.17, 15) is 4.79 Å². The minimum absolute atomic E-state index is 0.340. The second-order valence-corrected chi connectivity index (χ2v) is 2.69. The molecule has 0 aliphatic heterocycles. The molecule has 0 spiro atoms. The fraction of sp³-hybridized carbons (Fsp3) is 0.200. The summed E-state index contributed by atoms with van der Waals surface area (Å²) in [6.45, 7) is 4.97. The van der Waals surface area contributed by atoms with Crippen molar-refractivity contribution in [2.24, 2.45) is 0 Å². The number of nitrogens with zero attached hydrogens (tertiary/aromatic N) is 1. The third-order valence-corrected chi connectivity index (χ3v) is 1.74. The van der Waals surface area contributed by atoms with E-state index in [0.29, 0.717) is 6.42 Å². The van der Waals surface area contributed by atoms with Gasteiger partial charge in [-0.2, -0.15) is 0 Å². The van der Waals surface area contributed by atoms with Crippen LogP contribution in [-0.4, -0.2) is 17.1 Å². The van der Waals surface area contributed by atoms with Gasteiger partial charge in [-0.15, -0.1) is 0 Å². The van der Waals surface area contributed by atoms with Crippen LogP contribution in [0.1, 0.15) is 5.56 Å². The van der Waals surface area contributed by atoms with Gasteiger partial charge in [-0.25, -0.2) is 4.79 Å². The van der Waals surface area contributed by atoms with Crippen molar-refractivity contribution in [1.29, 1.82) is 0 Å². The molecule has 3 heteroatoms. The van der Waals surface area contributed by atoms with Crippen molar-refractivity contribution in [2.45, 2.75) is 12.5 Å². The maximum Gasteiger partial charge on any atom is 0.392 e. The highest BCUT2D eigenvalue weighted by atomic mass is 16.4. The zero-order valence-corrected chi connectivity index (χ0v) is 7.05. The van der Waals surface area contributed by atoms with E-state index in [-0.39, 0.29) is 0 Å². The Bertz CT molecular complexity index is 327. The molecule has 0 radical (unpaired) electrons. The molecule has 1 aromatic carbocycles. The lowest BCUT2D eigenvalue weighted by Crippen LogP contribution is -2.18. The van der Waals surface area contributed by atoms with E-state index in [1.807, 2.05) is 30.3 Å². The molecule has 0 heterocycles. The van der Waals surface area contributed by atoms with Gasteiger partial charge in [-0.05, 0) is 5.56 Å². The zero-order chi connectivity index (χ0) is 9.68. The molecule has 0 aromatic heterocycles. The van der Waals surface area contributed by atoms with Crippen molar-refractivity contribution in [3.05, 3.63) is 40.7 Å². The SMILES string of the molecule is C#[N+][C@H](Cc1ccccc1)C(=O)O. The van der Waals surface area contributed by atoms with Gasteiger partial charge in [-0.1, -0.05) is 35.2 Å². The Morgan fingerprint density at radius 1 is 1.46 bits per heavy atom. The van der Waals surface area contributed by atoms with Crippen LogP contribution in [0.15, 0.2) is 30.3 Å². The highest BCUT2D eigenvalue weighted by Gasteiger charge is 2.25. The number of aliphatic carboxylic acids is 1. The molecule has 66 valence electrons. The van der Waals surface area contributed by atoms with Gasteiger partial charge < -0.3 is 5.11 Å². The van der Waals surface area contributed by atoms with Gasteiger partial charge in [0.25, 0.3) is 6.57 Å². The fourth-order valence-corrected chi connectivity index (χ4v) is 1.04. The lowest BCUT2D eigenvalue weighted by atomic mass is 10.1. The van der Waals surface area contributed by atoms with Crippen LogP contribution < -0.4 is 0 Å². The van der Waals surface area contributed by atoms with E-state index in [0.717, 1.165) is 5.56 Å². The molecule has 1 N–H and O–H groups in total. The largest absolute Gasteiger partial charge is 0.475 e. The molecule has 1 aromatic rings. The van der Waals surface area contributed by atoms with Crippen LogP contribution in [0.4, 0.5) is 0 Å². The Morgan fingerprint density at radius 2 is 2.08 bits per heavy atom. The van der Waals surface area contributed by atoms with Crippen LogP contribution in [-0.2, 0) is 11.2 Å². The van der Waals surface area contributed by atoms with Crippen molar-refractivity contribution in [3.63, 3.8) is 0 Å². The summed E-state index contributed by atoms with van der Waals surface area (Å²) in [4.78, 5) is 13.8. The molecule has 0 saturated heterocycles. The average molecular weight is 176 g/mol. The summed E-state index contributed by atoms with van der Waals surface area (Å²) in [6.07, 6.45) is 0.340. The van der Waals surface area contributed by atoms with Gasteiger partial charge in [0.2, 0.25) is 0 Å². The first-order valence-corrected chi connectivity index (χ1v) is 3.91. The highest BCUT2D eigenvalue weighted by Crippen LogP contribution is 2.05. The second-order valence-electron chi connectivity index (χ2n) is 2.69. The predicted octanol–water partition coefficient (Wildman–Crippen LogP) is 1.65. The molecule has 0 aliphatic carbocycles. The average Bonchev–Trinajstić information content (AvgIpc) is 2.15. The van der Waals surface area contributed by atoms with Crippen LogP contribution in [0.3, 0.4) is 0 Å². The maximum absolute atomic E-state index is 10.6. The lowest BCUT2D eigenvalue weighted by Gasteiger charge is -1.96. The molecule has 1 rings (SSSR count). The maximum atomic E-state index is 10.6. The van der Waals surface area contributed by atoms with Crippen molar-refractivity contribution in [1.82, 2.24) is 0 Å². The van der Waals surface area contributed by atoms with E-state index < -0.39 is 12.0 Å². The second kappa shape index (κ2) is 4.27. The Morgan fingerprint density at radius 3 is 2.54 bits per heavy atom. The summed E-state index contributed by atoms with van der Waals surface area (Å²) in [5.74, 6) is -0.994. The van der Waals surface area contributed by atoms with E-state index in [1.54, 1.807) is 0 Å². The topological polar surface area (TPSA) is 41.7 Å². The van der Waals surface area contributed by atoms with Gasteiger partial charge in [0.15, 0.2) is 0 Å². The van der Waals surface area contributed by atoms with Gasteiger partial charge >= 0.3 is 12.0 Å². The molecule has 0 unspecified atom stereocenters. The van der Waals surface area contributed by atoms with Crippen LogP contribution in [0.5, 0.6) is 0 Å². The van der Waals surface area contributed by atoms with Crippen molar-refractivity contribution in [2.75, 3.05) is 0 Å². The number of carbonyl (C=O) groups is 1. The van der Waals surface area contributed by atoms with E-state index in [1.165, 1.54) is 0 Å². The first-order chi connectivity index (χ1) is 6.24. The van der Waals surface area contributed by atoms with E-state index in [4.69, 9.17) is 11.7 Å². The van der Waals surface area contributed by atoms with Gasteiger partial charge in [0.05, 0.1) is 6.42 Å². The number of carboxylic acids is 1. The van der Waals surface area contributed by atoms with Crippen molar-refractivity contribution >= 4 is 5.97 Å². The normalized spacial score (nSPS) is 11.6. The molecular formula is C10H10NO2+. The van der Waals surface area contributed by atoms with Gasteiger partial charge in [0.1, 0.15) is 0 Å². The molecule has 0 bridgehead atoms. The number of carboxylic acid groups (broad SMARTS) is 1. The summed E-state index contributed by atoms with van der Waals surface area (Å²) >= 11 is 0. The number of hydrogen-bond acceptors (Lipinski definition) is 1. The summed E-state index contributed by atoms with van der Waals surface area (Å²) in [5, 5.41) is 8.66. The third kappa shape index (κ3) is 2.60. The molecular weight excluding hydrogens is 166 g/mol. The Labute approximate surface area is 76.4 Å². The number of hydrogen-bond donors (Lipinski definition) is 1. The van der Waals surface area contributed by atoms with Crippen molar-refractivity contribution in [3.8, 4) is 6.57 Å². The molecule has 1 atom stereocenters. The van der Waals surface area contributed by atoms with Crippen molar-refractivity contribution < 1.29 is 9.90 Å². The highest BCUT2D eigenvalue weighted by molar-refractivity contribution is 5.76. The fourth-order valence-electron chi connectivity index (χ4n) is 1.04. The zero-order valence-electron chi connectivity index (χ0n) is 7.05. The van der Waals surface area contributed by atoms with Crippen LogP contribution in [0, 0.1) is 6.57 Å². The monoisotopic (exact) mass is 176 g/mol. The van der Waals surface area contributed by atoms with Gasteiger partial charge in [-0.3, -0.25) is 0 Å². The van der Waals surface area contributed by atoms with Crippen LogP contribution in [0.25, 0.3) is 4.85 Å². The molecule has 0 aliphatic rings. The smallest absolute Gasteiger partial charge is 0.392 e. The summed E-state index contributed by atoms with van der Waals surface area (Å²) in [6, 6.07) is 8.43. The Kier molecular flexibility index (Phi) is 3.04. The predicted molar refractivity (Wildman–Crippen MR) is 49.9 cm³/mol. The minimum atomic E-state index is -0.994. The first-order valence-electron chi connectivity index (χ1n) is 3.91. The van der Waals surface area contributed by atoms with Gasteiger partial charge in [0, 0.05) is 0 Å². The lowest BCUT2D eigenvalue weighted by molar-refractivity contribution is -0.137. The summed E-state index contributed by atoms with van der Waals surface area (Å²) in [7, 11) is 0. The molecule has 0 amide bonds. The minimum Gasteiger partial charge on any atom is -0.475 e. The molecule has 3 nitrogen and oxygen atoms in total. The van der Waals surface area contributed by atoms with Crippen LogP contribution in [0.2, 0.25) is 0 Å². The molecule has 13 heavy (non-hydrogen) atoms. The summed E-state index contributed by atoms with van der Waals surface area (Å²) < 4.78 is 0. The quantitative estimate of drug-likeness (QED) is 0.760. The standard InChI is InChI=1S/C10H9NO2/c1-11-9(10(12)13)7-8-5-3-2-4-6-8/h1-6,9H,7H2/p+1/t9-/m1/s1. The Balaban J connectivity index is 2.69. The Hall–Kier alpha value is -1.82. The number of rotatable bonds is 3. The first kappa shape index (κ1) is 9.27. The number of benzene rings is 1. The summed E-state index contributed by atoms with van der Waals surface area (Å²) in [5.41, 5.74) is 0.920. The third-order valence-electron chi connectivity index (χ3n) is 1.74. The van der Waals surface area contributed by atoms with Crippen LogP contribution >= 0.6 is 0 Å². The van der Waals surface area contributed by atoms with E-state index >= 15 is 0 Å².